The highest BCUT2D eigenvalue weighted by Crippen LogP contribution is 2.39. The Hall–Kier alpha value is -2.55. The van der Waals surface area contributed by atoms with Gasteiger partial charge in [0.2, 0.25) is 0 Å². The number of nitrogens with zero attached hydrogens (tertiary/aromatic N) is 1. The summed E-state index contributed by atoms with van der Waals surface area (Å²) in [6, 6.07) is 0. The van der Waals surface area contributed by atoms with Gasteiger partial charge in [0.15, 0.2) is 5.82 Å². The second kappa shape index (κ2) is 10.5. The first kappa shape index (κ1) is 25.5. The lowest BCUT2D eigenvalue weighted by Crippen LogP contribution is -2.16. The maximum atomic E-state index is 15.9. The third-order valence-corrected chi connectivity index (χ3v) is 5.95. The molecule has 0 saturated carbocycles. The third kappa shape index (κ3) is 4.61. The van der Waals surface area contributed by atoms with Crippen LogP contribution in [0.4, 0.5) is 10.1 Å². The number of hydrogen-bond acceptors (Lipinski definition) is 2. The molecular weight excluding hydrogens is 371 g/mol. The number of halogens is 1. The van der Waals surface area contributed by atoms with E-state index >= 15 is 4.39 Å². The van der Waals surface area contributed by atoms with Crippen molar-refractivity contribution in [2.75, 3.05) is 0 Å². The number of rotatable bonds is 8. The summed E-state index contributed by atoms with van der Waals surface area (Å²) in [4.78, 5) is 4.03. The number of benzene rings is 1. The zero-order chi connectivity index (χ0) is 23.3. The SMILES string of the molecule is C=Nc1c(F)c(C(=N)/C(C(C)=C(C)C)=C(C)\C(C)=C/C)c(CC)c(CC)c1C(=C)C. The van der Waals surface area contributed by atoms with Gasteiger partial charge < -0.3 is 0 Å². The van der Waals surface area contributed by atoms with Gasteiger partial charge in [-0.3, -0.25) is 10.4 Å². The first-order valence-electron chi connectivity index (χ1n) is 10.6. The highest BCUT2D eigenvalue weighted by atomic mass is 19.1. The number of hydrogen-bond donors (Lipinski definition) is 1. The van der Waals surface area contributed by atoms with Crippen molar-refractivity contribution in [2.24, 2.45) is 4.99 Å². The van der Waals surface area contributed by atoms with E-state index in [1.165, 1.54) is 0 Å². The molecule has 0 aliphatic rings. The minimum absolute atomic E-state index is 0.200. The summed E-state index contributed by atoms with van der Waals surface area (Å²) in [7, 11) is 0. The second-order valence-corrected chi connectivity index (χ2v) is 7.99. The Morgan fingerprint density at radius 3 is 1.83 bits per heavy atom. The highest BCUT2D eigenvalue weighted by Gasteiger charge is 2.27. The summed E-state index contributed by atoms with van der Waals surface area (Å²) in [6.45, 7) is 25.7. The van der Waals surface area contributed by atoms with Crippen molar-refractivity contribution in [1.82, 2.24) is 0 Å². The van der Waals surface area contributed by atoms with E-state index < -0.39 is 5.82 Å². The van der Waals surface area contributed by atoms with Crippen molar-refractivity contribution in [3.05, 3.63) is 68.6 Å². The number of nitrogens with one attached hydrogen (secondary N) is 1. The summed E-state index contributed by atoms with van der Waals surface area (Å²) in [5.74, 6) is -0.480. The molecule has 0 bridgehead atoms. The average molecular weight is 409 g/mol. The Balaban J connectivity index is 4.21. The molecule has 1 N–H and O–H groups in total. The van der Waals surface area contributed by atoms with Crippen LogP contribution >= 0.6 is 0 Å². The molecule has 1 aromatic carbocycles. The molecule has 3 heteroatoms. The van der Waals surface area contributed by atoms with Crippen LogP contribution in [-0.4, -0.2) is 12.4 Å². The van der Waals surface area contributed by atoms with Gasteiger partial charge in [-0.2, -0.15) is 0 Å². The smallest absolute Gasteiger partial charge is 0.159 e. The maximum absolute atomic E-state index is 15.9. The van der Waals surface area contributed by atoms with Crippen molar-refractivity contribution < 1.29 is 4.39 Å². The van der Waals surface area contributed by atoms with E-state index in [4.69, 9.17) is 0 Å². The van der Waals surface area contributed by atoms with Gasteiger partial charge in [0, 0.05) is 16.7 Å². The molecule has 1 aromatic rings. The van der Waals surface area contributed by atoms with E-state index in [-0.39, 0.29) is 11.4 Å². The highest BCUT2D eigenvalue weighted by molar-refractivity contribution is 6.16. The first-order chi connectivity index (χ1) is 14.0. The lowest BCUT2D eigenvalue weighted by molar-refractivity contribution is 0.623. The fraction of sp³-hybridized carbons (Fsp3) is 0.407. The molecule has 0 aliphatic heterocycles. The molecule has 30 heavy (non-hydrogen) atoms. The van der Waals surface area contributed by atoms with E-state index in [1.54, 1.807) is 0 Å². The topological polar surface area (TPSA) is 36.2 Å². The molecule has 0 heterocycles. The summed E-state index contributed by atoms with van der Waals surface area (Å²) in [6.07, 6.45) is 3.36. The molecule has 0 spiro atoms. The molecule has 0 amide bonds. The summed E-state index contributed by atoms with van der Waals surface area (Å²) < 4.78 is 15.9. The fourth-order valence-electron chi connectivity index (χ4n) is 3.90. The van der Waals surface area contributed by atoms with Crippen LogP contribution in [0.1, 0.15) is 84.6 Å². The van der Waals surface area contributed by atoms with Crippen molar-refractivity contribution in [3.63, 3.8) is 0 Å². The molecule has 0 saturated heterocycles. The average Bonchev–Trinajstić information content (AvgIpc) is 2.71. The van der Waals surface area contributed by atoms with Crippen molar-refractivity contribution >= 4 is 23.7 Å². The van der Waals surface area contributed by atoms with Crippen LogP contribution in [0.3, 0.4) is 0 Å². The fourth-order valence-corrected chi connectivity index (χ4v) is 3.90. The molecule has 0 aliphatic carbocycles. The molecule has 2 nitrogen and oxygen atoms in total. The Labute approximate surface area is 182 Å². The lowest BCUT2D eigenvalue weighted by Gasteiger charge is -2.24. The van der Waals surface area contributed by atoms with E-state index in [2.05, 4.69) is 18.3 Å². The van der Waals surface area contributed by atoms with Gasteiger partial charge in [-0.15, -0.1) is 0 Å². The van der Waals surface area contributed by atoms with Gasteiger partial charge >= 0.3 is 0 Å². The van der Waals surface area contributed by atoms with Crippen LogP contribution in [-0.2, 0) is 12.8 Å². The Morgan fingerprint density at radius 2 is 1.47 bits per heavy atom. The predicted octanol–water partition coefficient (Wildman–Crippen LogP) is 8.32. The minimum atomic E-state index is -0.480. The zero-order valence-electron chi connectivity index (χ0n) is 20.2. The molecule has 162 valence electrons. The largest absolute Gasteiger partial charge is 0.300 e. The van der Waals surface area contributed by atoms with Crippen LogP contribution in [0, 0.1) is 11.2 Å². The van der Waals surface area contributed by atoms with Gasteiger partial charge in [-0.1, -0.05) is 37.6 Å². The van der Waals surface area contributed by atoms with Gasteiger partial charge in [0.1, 0.15) is 5.69 Å². The molecular formula is C27H37FN2. The molecule has 0 aromatic heterocycles. The molecule has 0 radical (unpaired) electrons. The van der Waals surface area contributed by atoms with Gasteiger partial charge in [-0.05, 0) is 95.9 Å². The van der Waals surface area contributed by atoms with Crippen LogP contribution in [0.2, 0.25) is 0 Å². The number of allylic oxidation sites excluding steroid dienone is 7. The zero-order valence-corrected chi connectivity index (χ0v) is 20.2. The Kier molecular flexibility index (Phi) is 8.90. The van der Waals surface area contributed by atoms with Crippen LogP contribution in [0.5, 0.6) is 0 Å². The molecule has 0 fully saturated rings. The van der Waals surface area contributed by atoms with Crippen molar-refractivity contribution in [3.8, 4) is 0 Å². The van der Waals surface area contributed by atoms with Crippen molar-refractivity contribution in [2.45, 2.75) is 75.2 Å². The van der Waals surface area contributed by atoms with E-state index in [0.717, 1.165) is 50.1 Å². The van der Waals surface area contributed by atoms with Crippen LogP contribution < -0.4 is 0 Å². The van der Waals surface area contributed by atoms with E-state index in [0.29, 0.717) is 18.4 Å². The molecule has 0 atom stereocenters. The van der Waals surface area contributed by atoms with Crippen LogP contribution in [0.15, 0.2) is 45.5 Å². The Bertz CT molecular complexity index is 981. The van der Waals surface area contributed by atoms with Gasteiger partial charge in [0.25, 0.3) is 0 Å². The standard InChI is InChI=1S/C27H37FN2/c1-12-17(8)19(10)23(18(9)15(4)5)26(29)24-21(14-3)20(13-2)22(16(6)7)27(30-11)25(24)28/h12,29H,6,11,13-14H2,1-5,7-10H3/b17-12-,23-19-,29-26?. The number of aliphatic imine (C=N–C) groups is 1. The summed E-state index contributed by atoms with van der Waals surface area (Å²) in [5, 5.41) is 9.17. The maximum Gasteiger partial charge on any atom is 0.159 e. The summed E-state index contributed by atoms with van der Waals surface area (Å²) >= 11 is 0. The normalized spacial score (nSPS) is 12.4. The lowest BCUT2D eigenvalue weighted by atomic mass is 9.81. The van der Waals surface area contributed by atoms with Gasteiger partial charge in [0.05, 0.1) is 5.71 Å². The quantitative estimate of drug-likeness (QED) is 0.331. The Morgan fingerprint density at radius 1 is 0.967 bits per heavy atom. The molecule has 1 rings (SSSR count). The third-order valence-electron chi connectivity index (χ3n) is 5.95. The predicted molar refractivity (Wildman–Crippen MR) is 132 cm³/mol. The van der Waals surface area contributed by atoms with Crippen molar-refractivity contribution in [1.29, 1.82) is 5.41 Å². The van der Waals surface area contributed by atoms with E-state index in [9.17, 15) is 5.41 Å². The van der Waals surface area contributed by atoms with E-state index in [1.807, 2.05) is 68.4 Å². The molecule has 0 unspecified atom stereocenters. The van der Waals surface area contributed by atoms with Gasteiger partial charge in [-0.25, -0.2) is 4.39 Å². The summed E-state index contributed by atoms with van der Waals surface area (Å²) in [5.41, 5.74) is 9.02. The second-order valence-electron chi connectivity index (χ2n) is 7.99. The monoisotopic (exact) mass is 408 g/mol. The van der Waals surface area contributed by atoms with Crippen LogP contribution in [0.25, 0.3) is 5.57 Å². The minimum Gasteiger partial charge on any atom is -0.300 e. The first-order valence-corrected chi connectivity index (χ1v) is 10.6.